The Labute approximate surface area is 163 Å². The first-order valence-corrected chi connectivity index (χ1v) is 9.48. The number of nitrogens with zero attached hydrogens (tertiary/aromatic N) is 2. The van der Waals surface area contributed by atoms with Crippen LogP contribution in [0, 0.1) is 5.41 Å². The molecule has 9 heteroatoms. The van der Waals surface area contributed by atoms with Crippen LogP contribution in [0.25, 0.3) is 0 Å². The summed E-state index contributed by atoms with van der Waals surface area (Å²) in [6, 6.07) is 3.47. The summed E-state index contributed by atoms with van der Waals surface area (Å²) < 4.78 is 10.4. The summed E-state index contributed by atoms with van der Waals surface area (Å²) in [5.41, 5.74) is 0.942. The maximum absolute atomic E-state index is 12.0. The summed E-state index contributed by atoms with van der Waals surface area (Å²) >= 11 is 0. The van der Waals surface area contributed by atoms with Crippen LogP contribution in [-0.2, 0) is 16.0 Å². The molecule has 0 radical (unpaired) electrons. The summed E-state index contributed by atoms with van der Waals surface area (Å²) in [5.74, 6) is 0.950. The van der Waals surface area contributed by atoms with Gasteiger partial charge < -0.3 is 19.9 Å². The van der Waals surface area contributed by atoms with E-state index in [-0.39, 0.29) is 35.9 Å². The lowest BCUT2D eigenvalue weighted by Crippen LogP contribution is -2.34. The molecular weight excluding hydrogens is 362 g/mol. The van der Waals surface area contributed by atoms with Crippen LogP contribution >= 0.6 is 0 Å². The third-order valence-electron chi connectivity index (χ3n) is 4.55. The first-order chi connectivity index (χ1) is 13.3. The molecule has 3 N–H and O–H groups in total. The van der Waals surface area contributed by atoms with Crippen LogP contribution in [-0.4, -0.2) is 40.0 Å². The normalized spacial score (nSPS) is 19.4. The van der Waals surface area contributed by atoms with E-state index < -0.39 is 0 Å². The molecule has 2 heterocycles. The van der Waals surface area contributed by atoms with Gasteiger partial charge in [0.15, 0.2) is 5.82 Å². The average Bonchev–Trinajstić information content (AvgIpc) is 3.34. The maximum atomic E-state index is 12.0. The monoisotopic (exact) mass is 389 g/mol. The number of rotatable bonds is 6. The van der Waals surface area contributed by atoms with Gasteiger partial charge in [0.05, 0.1) is 12.6 Å². The van der Waals surface area contributed by atoms with E-state index >= 15 is 0 Å². The van der Waals surface area contributed by atoms with Crippen molar-refractivity contribution in [2.45, 2.75) is 58.5 Å². The van der Waals surface area contributed by atoms with Crippen molar-refractivity contribution in [1.82, 2.24) is 20.7 Å². The van der Waals surface area contributed by atoms with Gasteiger partial charge in [0.1, 0.15) is 11.9 Å². The highest BCUT2D eigenvalue weighted by Crippen LogP contribution is 2.35. The summed E-state index contributed by atoms with van der Waals surface area (Å²) in [4.78, 5) is 23.9. The molecule has 1 aliphatic rings. The van der Waals surface area contributed by atoms with Gasteiger partial charge in [-0.05, 0) is 24.7 Å². The predicted octanol–water partition coefficient (Wildman–Crippen LogP) is 2.99. The number of anilines is 1. The lowest BCUT2D eigenvalue weighted by Gasteiger charge is -2.20. The van der Waals surface area contributed by atoms with E-state index in [2.05, 4.69) is 46.8 Å². The number of hydrogen-bond donors (Lipinski definition) is 3. The summed E-state index contributed by atoms with van der Waals surface area (Å²) in [5, 5.41) is 16.2. The highest BCUT2D eigenvalue weighted by molar-refractivity contribution is 5.91. The van der Waals surface area contributed by atoms with Gasteiger partial charge in [-0.25, -0.2) is 4.79 Å². The van der Waals surface area contributed by atoms with Gasteiger partial charge >= 0.3 is 6.09 Å². The standard InChI is InChI=1S/C19H27N5O4/c1-19(2,3)11-20-18(26)27-13-5-4-12(8-13)15-10-16(24-23-15)22-17(25)9-14-6-7-21-28-14/h6-7,10,12-13H,4-5,8-9,11H2,1-3H3,(H,20,26)(H2,22,23,24,25)/t12-,13+/m0/s1. The molecule has 28 heavy (non-hydrogen) atoms. The number of amides is 2. The topological polar surface area (TPSA) is 122 Å². The molecule has 9 nitrogen and oxygen atoms in total. The zero-order valence-electron chi connectivity index (χ0n) is 16.4. The van der Waals surface area contributed by atoms with Crippen LogP contribution in [0.5, 0.6) is 0 Å². The van der Waals surface area contributed by atoms with Gasteiger partial charge in [0.25, 0.3) is 0 Å². The van der Waals surface area contributed by atoms with Crippen molar-refractivity contribution in [3.8, 4) is 0 Å². The molecule has 3 rings (SSSR count). The van der Waals surface area contributed by atoms with Crippen molar-refractivity contribution < 1.29 is 18.8 Å². The molecule has 2 aromatic heterocycles. The second-order valence-corrected chi connectivity index (χ2v) is 8.36. The number of carbonyl (C=O) groups excluding carboxylic acids is 2. The quantitative estimate of drug-likeness (QED) is 0.698. The van der Waals surface area contributed by atoms with Gasteiger partial charge in [-0.3, -0.25) is 9.89 Å². The maximum Gasteiger partial charge on any atom is 0.407 e. The van der Waals surface area contributed by atoms with Gasteiger partial charge in [-0.15, -0.1) is 0 Å². The molecule has 2 amide bonds. The lowest BCUT2D eigenvalue weighted by molar-refractivity contribution is -0.115. The molecule has 152 valence electrons. The zero-order chi connectivity index (χ0) is 20.1. The third-order valence-corrected chi connectivity index (χ3v) is 4.55. The zero-order valence-corrected chi connectivity index (χ0v) is 16.4. The molecule has 0 aromatic carbocycles. The summed E-state index contributed by atoms with van der Waals surface area (Å²) in [7, 11) is 0. The number of hydrogen-bond acceptors (Lipinski definition) is 6. The molecule has 2 atom stereocenters. The van der Waals surface area contributed by atoms with Crippen molar-refractivity contribution in [3.05, 3.63) is 29.8 Å². The number of nitrogens with one attached hydrogen (secondary N) is 3. The van der Waals surface area contributed by atoms with Crippen molar-refractivity contribution in [3.63, 3.8) is 0 Å². The molecule has 0 bridgehead atoms. The van der Waals surface area contributed by atoms with Crippen LogP contribution in [0.1, 0.15) is 57.4 Å². The van der Waals surface area contributed by atoms with E-state index in [0.717, 1.165) is 25.0 Å². The molecule has 0 unspecified atom stereocenters. The molecule has 1 saturated carbocycles. The van der Waals surface area contributed by atoms with Crippen molar-refractivity contribution in [2.75, 3.05) is 11.9 Å². The van der Waals surface area contributed by atoms with Crippen LogP contribution in [0.15, 0.2) is 22.9 Å². The van der Waals surface area contributed by atoms with E-state index in [1.807, 2.05) is 6.07 Å². The second-order valence-electron chi connectivity index (χ2n) is 8.36. The Morgan fingerprint density at radius 3 is 2.89 bits per heavy atom. The fraction of sp³-hybridized carbons (Fsp3) is 0.579. The fourth-order valence-corrected chi connectivity index (χ4v) is 3.15. The minimum atomic E-state index is -0.370. The summed E-state index contributed by atoms with van der Waals surface area (Å²) in [6.45, 7) is 6.73. The largest absolute Gasteiger partial charge is 0.446 e. The molecule has 0 saturated heterocycles. The third kappa shape index (κ3) is 5.83. The number of aromatic amines is 1. The summed E-state index contributed by atoms with van der Waals surface area (Å²) in [6.07, 6.45) is 3.55. The van der Waals surface area contributed by atoms with Crippen molar-refractivity contribution in [1.29, 1.82) is 0 Å². The first-order valence-electron chi connectivity index (χ1n) is 9.48. The molecule has 0 spiro atoms. The van der Waals surface area contributed by atoms with Crippen LogP contribution in [0.4, 0.5) is 10.6 Å². The molecule has 2 aromatic rings. The van der Waals surface area contributed by atoms with E-state index in [1.165, 1.54) is 6.20 Å². The highest BCUT2D eigenvalue weighted by Gasteiger charge is 2.30. The second kappa shape index (κ2) is 8.45. The Hall–Kier alpha value is -2.84. The van der Waals surface area contributed by atoms with Crippen LogP contribution in [0.2, 0.25) is 0 Å². The smallest absolute Gasteiger partial charge is 0.407 e. The molecule has 1 aliphatic carbocycles. The number of alkyl carbamates (subject to hydrolysis) is 1. The minimum absolute atomic E-state index is 0.0153. The van der Waals surface area contributed by atoms with E-state index in [9.17, 15) is 9.59 Å². The Kier molecular flexibility index (Phi) is 6.01. The average molecular weight is 389 g/mol. The van der Waals surface area contributed by atoms with E-state index in [4.69, 9.17) is 9.26 Å². The molecule has 0 aliphatic heterocycles. The Morgan fingerprint density at radius 2 is 2.18 bits per heavy atom. The van der Waals surface area contributed by atoms with Crippen LogP contribution < -0.4 is 10.6 Å². The van der Waals surface area contributed by atoms with Crippen molar-refractivity contribution >= 4 is 17.8 Å². The Bertz CT molecular complexity index is 794. The van der Waals surface area contributed by atoms with E-state index in [1.54, 1.807) is 6.07 Å². The van der Waals surface area contributed by atoms with Gasteiger partial charge in [0, 0.05) is 30.3 Å². The minimum Gasteiger partial charge on any atom is -0.446 e. The number of H-pyrrole nitrogens is 1. The lowest BCUT2D eigenvalue weighted by atomic mass is 9.97. The number of aromatic nitrogens is 3. The SMILES string of the molecule is CC(C)(C)CNC(=O)O[C@@H]1CC[C@H](c2cc(NC(=O)Cc3ccno3)n[nH]2)C1. The highest BCUT2D eigenvalue weighted by atomic mass is 16.6. The number of carbonyl (C=O) groups is 2. The van der Waals surface area contributed by atoms with Crippen LogP contribution in [0.3, 0.4) is 0 Å². The Balaban J connectivity index is 1.45. The molecular formula is C19H27N5O4. The predicted molar refractivity (Wildman–Crippen MR) is 102 cm³/mol. The van der Waals surface area contributed by atoms with Crippen molar-refractivity contribution in [2.24, 2.45) is 5.41 Å². The number of ether oxygens (including phenoxy) is 1. The molecule has 1 fully saturated rings. The first kappa shape index (κ1) is 19.9. The fourth-order valence-electron chi connectivity index (χ4n) is 3.15. The van der Waals surface area contributed by atoms with Gasteiger partial charge in [-0.1, -0.05) is 25.9 Å². The Morgan fingerprint density at radius 1 is 1.36 bits per heavy atom. The van der Waals surface area contributed by atoms with E-state index in [0.29, 0.717) is 18.1 Å². The van der Waals surface area contributed by atoms with Gasteiger partial charge in [-0.2, -0.15) is 5.10 Å². The van der Waals surface area contributed by atoms with Gasteiger partial charge in [0.2, 0.25) is 5.91 Å².